The van der Waals surface area contributed by atoms with Crippen LogP contribution in [0.25, 0.3) is 0 Å². The molecule has 3 N–H and O–H groups in total. The maximum atomic E-state index is 13.7. The summed E-state index contributed by atoms with van der Waals surface area (Å²) in [5.41, 5.74) is 7.73. The van der Waals surface area contributed by atoms with Crippen molar-refractivity contribution in [3.8, 4) is 0 Å². The first kappa shape index (κ1) is 14.3. The average Bonchev–Trinajstić information content (AvgIpc) is 2.39. The van der Waals surface area contributed by atoms with Gasteiger partial charge in [-0.1, -0.05) is 23.7 Å². The fourth-order valence-electron chi connectivity index (χ4n) is 1.95. The summed E-state index contributed by atoms with van der Waals surface area (Å²) in [5.74, 6) is -0.850. The van der Waals surface area contributed by atoms with Gasteiger partial charge in [0, 0.05) is 28.4 Å². The monoisotopic (exact) mass is 292 g/mol. The molecule has 2 aromatic rings. The number of carbonyl (C=O) groups is 1. The van der Waals surface area contributed by atoms with Crippen LogP contribution in [-0.4, -0.2) is 5.91 Å². The molecule has 0 unspecified atom stereocenters. The summed E-state index contributed by atoms with van der Waals surface area (Å²) in [4.78, 5) is 11.3. The zero-order chi connectivity index (χ0) is 14.7. The lowest BCUT2D eigenvalue weighted by Crippen LogP contribution is -2.14. The molecule has 2 rings (SSSR count). The van der Waals surface area contributed by atoms with E-state index in [2.05, 4.69) is 5.32 Å². The summed E-state index contributed by atoms with van der Waals surface area (Å²) in [6.07, 6.45) is 0. The molecule has 0 heterocycles. The number of anilines is 1. The van der Waals surface area contributed by atoms with E-state index in [-0.39, 0.29) is 5.82 Å². The number of amides is 1. The van der Waals surface area contributed by atoms with Gasteiger partial charge in [-0.15, -0.1) is 0 Å². The number of nitrogens with two attached hydrogens (primary N) is 1. The van der Waals surface area contributed by atoms with E-state index in [0.717, 1.165) is 11.3 Å². The molecule has 0 aromatic heterocycles. The standard InChI is InChI=1S/C15H14ClFN2O/c1-9-12(15(18)20)3-2-4-14(9)19-8-10-5-6-11(16)7-13(10)17/h2-7,19H,8H2,1H3,(H2,18,20). The van der Waals surface area contributed by atoms with E-state index in [4.69, 9.17) is 17.3 Å². The fourth-order valence-corrected chi connectivity index (χ4v) is 2.11. The number of benzene rings is 2. The Morgan fingerprint density at radius 2 is 2.10 bits per heavy atom. The summed E-state index contributed by atoms with van der Waals surface area (Å²) in [7, 11) is 0. The summed E-state index contributed by atoms with van der Waals surface area (Å²) in [5, 5.41) is 3.45. The first-order chi connectivity index (χ1) is 9.49. The Hall–Kier alpha value is -2.07. The molecule has 2 aromatic carbocycles. The van der Waals surface area contributed by atoms with Crippen LogP contribution >= 0.6 is 11.6 Å². The number of nitrogens with one attached hydrogen (secondary N) is 1. The lowest BCUT2D eigenvalue weighted by Gasteiger charge is -2.12. The SMILES string of the molecule is Cc1c(NCc2ccc(Cl)cc2F)cccc1C(N)=O. The van der Waals surface area contributed by atoms with Crippen molar-refractivity contribution < 1.29 is 9.18 Å². The fraction of sp³-hybridized carbons (Fsp3) is 0.133. The highest BCUT2D eigenvalue weighted by Gasteiger charge is 2.09. The number of halogens is 2. The van der Waals surface area contributed by atoms with Gasteiger partial charge in [-0.25, -0.2) is 4.39 Å². The molecule has 0 bridgehead atoms. The van der Waals surface area contributed by atoms with Crippen molar-refractivity contribution in [1.29, 1.82) is 0 Å². The van der Waals surface area contributed by atoms with Crippen LogP contribution < -0.4 is 11.1 Å². The molecule has 104 valence electrons. The van der Waals surface area contributed by atoms with Crippen LogP contribution in [-0.2, 0) is 6.54 Å². The summed E-state index contributed by atoms with van der Waals surface area (Å²) < 4.78 is 13.7. The first-order valence-corrected chi connectivity index (χ1v) is 6.44. The van der Waals surface area contributed by atoms with Crippen LogP contribution in [0, 0.1) is 12.7 Å². The van der Waals surface area contributed by atoms with Crippen molar-refractivity contribution in [3.05, 3.63) is 63.9 Å². The minimum atomic E-state index is -0.483. The smallest absolute Gasteiger partial charge is 0.249 e. The van der Waals surface area contributed by atoms with Gasteiger partial charge in [0.1, 0.15) is 5.82 Å². The van der Waals surface area contributed by atoms with Crippen molar-refractivity contribution in [1.82, 2.24) is 0 Å². The van der Waals surface area contributed by atoms with Crippen LogP contribution in [0.5, 0.6) is 0 Å². The Bertz CT molecular complexity index is 658. The largest absolute Gasteiger partial charge is 0.381 e. The van der Waals surface area contributed by atoms with Gasteiger partial charge in [-0.2, -0.15) is 0 Å². The number of hydrogen-bond donors (Lipinski definition) is 2. The van der Waals surface area contributed by atoms with Crippen molar-refractivity contribution in [2.75, 3.05) is 5.32 Å². The van der Waals surface area contributed by atoms with Crippen molar-refractivity contribution in [2.45, 2.75) is 13.5 Å². The van der Waals surface area contributed by atoms with Crippen LogP contribution in [0.4, 0.5) is 10.1 Å². The molecule has 0 aliphatic rings. The molecule has 20 heavy (non-hydrogen) atoms. The van der Waals surface area contributed by atoms with E-state index in [9.17, 15) is 9.18 Å². The van der Waals surface area contributed by atoms with Gasteiger partial charge < -0.3 is 11.1 Å². The molecule has 1 amide bonds. The van der Waals surface area contributed by atoms with Crippen LogP contribution in [0.2, 0.25) is 5.02 Å². The van der Waals surface area contributed by atoms with Gasteiger partial charge in [0.05, 0.1) is 0 Å². The molecule has 0 atom stereocenters. The zero-order valence-electron chi connectivity index (χ0n) is 10.9. The summed E-state index contributed by atoms with van der Waals surface area (Å²) >= 11 is 5.70. The van der Waals surface area contributed by atoms with Crippen molar-refractivity contribution in [2.24, 2.45) is 5.73 Å². The van der Waals surface area contributed by atoms with Crippen LogP contribution in [0.1, 0.15) is 21.5 Å². The Labute approximate surface area is 121 Å². The van der Waals surface area contributed by atoms with E-state index in [1.165, 1.54) is 6.07 Å². The van der Waals surface area contributed by atoms with E-state index in [1.54, 1.807) is 31.2 Å². The summed E-state index contributed by atoms with van der Waals surface area (Å²) in [6, 6.07) is 9.73. The Morgan fingerprint density at radius 1 is 1.35 bits per heavy atom. The maximum Gasteiger partial charge on any atom is 0.249 e. The molecule has 3 nitrogen and oxygen atoms in total. The van der Waals surface area contributed by atoms with E-state index < -0.39 is 5.91 Å². The molecule has 0 radical (unpaired) electrons. The van der Waals surface area contributed by atoms with Gasteiger partial charge in [0.2, 0.25) is 5.91 Å². The number of rotatable bonds is 4. The molecule has 0 aliphatic heterocycles. The Morgan fingerprint density at radius 3 is 2.75 bits per heavy atom. The molecule has 0 saturated heterocycles. The Kier molecular flexibility index (Phi) is 4.25. The molecular formula is C15H14ClFN2O. The highest BCUT2D eigenvalue weighted by molar-refractivity contribution is 6.30. The molecule has 5 heteroatoms. The van der Waals surface area contributed by atoms with E-state index in [0.29, 0.717) is 22.7 Å². The first-order valence-electron chi connectivity index (χ1n) is 6.06. The average molecular weight is 293 g/mol. The zero-order valence-corrected chi connectivity index (χ0v) is 11.7. The third kappa shape index (κ3) is 3.08. The minimum Gasteiger partial charge on any atom is -0.381 e. The van der Waals surface area contributed by atoms with Gasteiger partial charge in [0.25, 0.3) is 0 Å². The van der Waals surface area contributed by atoms with Crippen LogP contribution in [0.15, 0.2) is 36.4 Å². The second kappa shape index (κ2) is 5.92. The van der Waals surface area contributed by atoms with Gasteiger partial charge in [-0.05, 0) is 36.8 Å². The lowest BCUT2D eigenvalue weighted by atomic mass is 10.1. The Balaban J connectivity index is 2.19. The number of carbonyl (C=O) groups excluding carboxylic acids is 1. The predicted octanol–water partition coefficient (Wildman–Crippen LogP) is 3.50. The van der Waals surface area contributed by atoms with Crippen molar-refractivity contribution >= 4 is 23.2 Å². The molecule has 0 saturated carbocycles. The van der Waals surface area contributed by atoms with Crippen molar-refractivity contribution in [3.63, 3.8) is 0 Å². The molecular weight excluding hydrogens is 279 g/mol. The van der Waals surface area contributed by atoms with Crippen LogP contribution in [0.3, 0.4) is 0 Å². The quantitative estimate of drug-likeness (QED) is 0.906. The number of primary amides is 1. The molecule has 0 spiro atoms. The topological polar surface area (TPSA) is 55.1 Å². The third-order valence-corrected chi connectivity index (χ3v) is 3.32. The highest BCUT2D eigenvalue weighted by atomic mass is 35.5. The second-order valence-electron chi connectivity index (χ2n) is 4.43. The second-order valence-corrected chi connectivity index (χ2v) is 4.87. The normalized spacial score (nSPS) is 10.3. The maximum absolute atomic E-state index is 13.7. The van der Waals surface area contributed by atoms with Gasteiger partial charge in [-0.3, -0.25) is 4.79 Å². The van der Waals surface area contributed by atoms with E-state index in [1.807, 2.05) is 6.07 Å². The predicted molar refractivity (Wildman–Crippen MR) is 78.4 cm³/mol. The summed E-state index contributed by atoms with van der Waals surface area (Å²) in [6.45, 7) is 2.09. The molecule has 0 fully saturated rings. The third-order valence-electron chi connectivity index (χ3n) is 3.08. The minimum absolute atomic E-state index is 0.298. The highest BCUT2D eigenvalue weighted by Crippen LogP contribution is 2.21. The van der Waals surface area contributed by atoms with E-state index >= 15 is 0 Å². The molecule has 0 aliphatic carbocycles. The van der Waals surface area contributed by atoms with Gasteiger partial charge in [0.15, 0.2) is 0 Å². The lowest BCUT2D eigenvalue weighted by molar-refractivity contribution is 0.1000. The number of hydrogen-bond acceptors (Lipinski definition) is 2. The van der Waals surface area contributed by atoms with Gasteiger partial charge >= 0.3 is 0 Å².